The van der Waals surface area contributed by atoms with Gasteiger partial charge in [0, 0.05) is 25.7 Å². The number of benzene rings is 2. The molecule has 0 bridgehead atoms. The number of likely N-dealkylation sites (tertiary alicyclic amines) is 1. The summed E-state index contributed by atoms with van der Waals surface area (Å²) in [5.74, 6) is 0.206. The molecule has 3 rings (SSSR count). The van der Waals surface area contributed by atoms with Crippen LogP contribution in [0.4, 0.5) is 4.39 Å². The van der Waals surface area contributed by atoms with E-state index in [0.29, 0.717) is 11.3 Å². The minimum atomic E-state index is -0.219. The van der Waals surface area contributed by atoms with Crippen LogP contribution in [0.1, 0.15) is 24.0 Å². The second-order valence-corrected chi connectivity index (χ2v) is 6.67. The monoisotopic (exact) mass is 367 g/mol. The molecule has 1 N–H and O–H groups in total. The number of nitrogens with zero attached hydrogens (tertiary/aromatic N) is 2. The summed E-state index contributed by atoms with van der Waals surface area (Å²) in [6, 6.07) is 15.4. The van der Waals surface area contributed by atoms with Gasteiger partial charge in [-0.15, -0.1) is 0 Å². The van der Waals surface area contributed by atoms with Crippen LogP contribution in [-0.4, -0.2) is 36.5 Å². The van der Waals surface area contributed by atoms with Crippen molar-refractivity contribution in [2.75, 3.05) is 19.7 Å². The summed E-state index contributed by atoms with van der Waals surface area (Å²) >= 11 is 0. The summed E-state index contributed by atoms with van der Waals surface area (Å²) < 4.78 is 18.4. The highest BCUT2D eigenvalue weighted by Crippen LogP contribution is 2.15. The SMILES string of the molecule is N#Cc1ccc(OCC(=O)NC2CCN(Cc3ccc(F)cc3)CC2)cc1. The molecular formula is C21H22FN3O2. The van der Waals surface area contributed by atoms with E-state index in [-0.39, 0.29) is 24.4 Å². The van der Waals surface area contributed by atoms with Gasteiger partial charge in [0.1, 0.15) is 11.6 Å². The second-order valence-electron chi connectivity index (χ2n) is 6.67. The molecule has 5 nitrogen and oxygen atoms in total. The number of ether oxygens (including phenoxy) is 1. The molecule has 1 fully saturated rings. The Morgan fingerprint density at radius 3 is 2.44 bits per heavy atom. The smallest absolute Gasteiger partial charge is 0.258 e. The van der Waals surface area contributed by atoms with Crippen LogP contribution in [0.15, 0.2) is 48.5 Å². The molecule has 0 aliphatic carbocycles. The van der Waals surface area contributed by atoms with Crippen LogP contribution in [-0.2, 0) is 11.3 Å². The van der Waals surface area contributed by atoms with Gasteiger partial charge in [-0.2, -0.15) is 5.26 Å². The molecule has 0 unspecified atom stereocenters. The highest BCUT2D eigenvalue weighted by atomic mass is 19.1. The van der Waals surface area contributed by atoms with E-state index in [1.54, 1.807) is 24.3 Å². The fraction of sp³-hybridized carbons (Fsp3) is 0.333. The topological polar surface area (TPSA) is 65.4 Å². The normalized spacial score (nSPS) is 15.1. The van der Waals surface area contributed by atoms with Crippen molar-refractivity contribution < 1.29 is 13.9 Å². The molecule has 27 heavy (non-hydrogen) atoms. The quantitative estimate of drug-likeness (QED) is 0.853. The molecule has 0 radical (unpaired) electrons. The Morgan fingerprint density at radius 2 is 1.81 bits per heavy atom. The lowest BCUT2D eigenvalue weighted by Gasteiger charge is -2.32. The third-order valence-electron chi connectivity index (χ3n) is 4.63. The Bertz CT molecular complexity index is 792. The summed E-state index contributed by atoms with van der Waals surface area (Å²) in [6.45, 7) is 2.53. The fourth-order valence-electron chi connectivity index (χ4n) is 3.13. The molecule has 140 valence electrons. The van der Waals surface area contributed by atoms with Gasteiger partial charge in [-0.1, -0.05) is 12.1 Å². The number of piperidine rings is 1. The van der Waals surface area contributed by atoms with Gasteiger partial charge < -0.3 is 10.1 Å². The van der Waals surface area contributed by atoms with Crippen molar-refractivity contribution >= 4 is 5.91 Å². The molecule has 1 heterocycles. The van der Waals surface area contributed by atoms with E-state index in [4.69, 9.17) is 10.00 Å². The second kappa shape index (κ2) is 9.15. The number of nitrogens with one attached hydrogen (secondary N) is 1. The van der Waals surface area contributed by atoms with Gasteiger partial charge in [-0.3, -0.25) is 9.69 Å². The van der Waals surface area contributed by atoms with E-state index in [0.717, 1.165) is 38.0 Å². The van der Waals surface area contributed by atoms with Crippen LogP contribution >= 0.6 is 0 Å². The number of nitriles is 1. The molecule has 2 aromatic carbocycles. The highest BCUT2D eigenvalue weighted by Gasteiger charge is 2.20. The molecule has 0 aromatic heterocycles. The minimum Gasteiger partial charge on any atom is -0.484 e. The van der Waals surface area contributed by atoms with E-state index in [2.05, 4.69) is 10.2 Å². The molecule has 1 saturated heterocycles. The zero-order valence-corrected chi connectivity index (χ0v) is 15.0. The zero-order valence-electron chi connectivity index (χ0n) is 15.0. The predicted octanol–water partition coefficient (Wildman–Crippen LogP) is 2.86. The first kappa shape index (κ1) is 18.9. The van der Waals surface area contributed by atoms with Gasteiger partial charge in [0.2, 0.25) is 0 Å². The van der Waals surface area contributed by atoms with Crippen LogP contribution in [0.5, 0.6) is 5.75 Å². The number of halogens is 1. The Morgan fingerprint density at radius 1 is 1.15 bits per heavy atom. The van der Waals surface area contributed by atoms with Gasteiger partial charge in [0.25, 0.3) is 5.91 Å². The molecule has 1 aliphatic heterocycles. The van der Waals surface area contributed by atoms with E-state index in [1.165, 1.54) is 12.1 Å². The summed E-state index contributed by atoms with van der Waals surface area (Å²) in [5.41, 5.74) is 1.65. The molecular weight excluding hydrogens is 345 g/mol. The van der Waals surface area contributed by atoms with Crippen LogP contribution in [0.2, 0.25) is 0 Å². The third-order valence-corrected chi connectivity index (χ3v) is 4.63. The van der Waals surface area contributed by atoms with E-state index in [1.807, 2.05) is 18.2 Å². The Balaban J connectivity index is 1.37. The van der Waals surface area contributed by atoms with Gasteiger partial charge in [0.15, 0.2) is 6.61 Å². The first-order valence-corrected chi connectivity index (χ1v) is 9.01. The zero-order chi connectivity index (χ0) is 19.1. The maximum Gasteiger partial charge on any atom is 0.258 e. The van der Waals surface area contributed by atoms with Crippen molar-refractivity contribution in [1.29, 1.82) is 5.26 Å². The standard InChI is InChI=1S/C21H22FN3O2/c22-18-5-1-17(2-6-18)14-25-11-9-19(10-12-25)24-21(26)15-27-20-7-3-16(13-23)4-8-20/h1-8,19H,9-12,14-15H2,(H,24,26). The average Bonchev–Trinajstić information content (AvgIpc) is 2.70. The van der Waals surface area contributed by atoms with Crippen LogP contribution < -0.4 is 10.1 Å². The van der Waals surface area contributed by atoms with Gasteiger partial charge >= 0.3 is 0 Å². The predicted molar refractivity (Wildman–Crippen MR) is 99.5 cm³/mol. The molecule has 1 aliphatic rings. The van der Waals surface area contributed by atoms with Gasteiger partial charge in [-0.25, -0.2) is 4.39 Å². The summed E-state index contributed by atoms with van der Waals surface area (Å²) in [4.78, 5) is 14.4. The largest absolute Gasteiger partial charge is 0.484 e. The molecule has 2 aromatic rings. The number of carbonyl (C=O) groups excluding carboxylic acids is 1. The first-order valence-electron chi connectivity index (χ1n) is 9.01. The van der Waals surface area contributed by atoms with Crippen molar-refractivity contribution in [3.63, 3.8) is 0 Å². The number of amides is 1. The fourth-order valence-corrected chi connectivity index (χ4v) is 3.13. The van der Waals surface area contributed by atoms with E-state index < -0.39 is 0 Å². The summed E-state index contributed by atoms with van der Waals surface area (Å²) in [6.07, 6.45) is 1.76. The van der Waals surface area contributed by atoms with Crippen molar-refractivity contribution in [1.82, 2.24) is 10.2 Å². The maximum atomic E-state index is 13.0. The number of hydrogen-bond acceptors (Lipinski definition) is 4. The molecule has 6 heteroatoms. The van der Waals surface area contributed by atoms with E-state index >= 15 is 0 Å². The lowest BCUT2D eigenvalue weighted by atomic mass is 10.0. The van der Waals surface area contributed by atoms with Crippen molar-refractivity contribution in [3.05, 3.63) is 65.5 Å². The van der Waals surface area contributed by atoms with E-state index in [9.17, 15) is 9.18 Å². The Kier molecular flexibility index (Phi) is 6.39. The Hall–Kier alpha value is -2.91. The highest BCUT2D eigenvalue weighted by molar-refractivity contribution is 5.77. The molecule has 1 amide bonds. The maximum absolute atomic E-state index is 13.0. The molecule has 0 atom stereocenters. The average molecular weight is 367 g/mol. The van der Waals surface area contributed by atoms with Crippen molar-refractivity contribution in [3.8, 4) is 11.8 Å². The number of hydrogen-bond donors (Lipinski definition) is 1. The van der Waals surface area contributed by atoms with Crippen molar-refractivity contribution in [2.24, 2.45) is 0 Å². The lowest BCUT2D eigenvalue weighted by Crippen LogP contribution is -2.45. The van der Waals surface area contributed by atoms with Gasteiger partial charge in [-0.05, 0) is 54.8 Å². The number of carbonyl (C=O) groups is 1. The first-order chi connectivity index (χ1) is 13.1. The summed E-state index contributed by atoms with van der Waals surface area (Å²) in [5, 5.41) is 11.8. The van der Waals surface area contributed by atoms with Crippen LogP contribution in [0, 0.1) is 17.1 Å². The third kappa shape index (κ3) is 5.80. The van der Waals surface area contributed by atoms with Gasteiger partial charge in [0.05, 0.1) is 11.6 Å². The summed E-state index contributed by atoms with van der Waals surface area (Å²) in [7, 11) is 0. The van der Waals surface area contributed by atoms with Crippen LogP contribution in [0.3, 0.4) is 0 Å². The lowest BCUT2D eigenvalue weighted by molar-refractivity contribution is -0.124. The molecule has 0 saturated carbocycles. The Labute approximate surface area is 158 Å². The molecule has 0 spiro atoms. The van der Waals surface area contributed by atoms with Crippen LogP contribution in [0.25, 0.3) is 0 Å². The minimum absolute atomic E-state index is 0.0400. The number of rotatable bonds is 6. The van der Waals surface area contributed by atoms with Crippen molar-refractivity contribution in [2.45, 2.75) is 25.4 Å².